The summed E-state index contributed by atoms with van der Waals surface area (Å²) in [5.41, 5.74) is -0.556. The average molecular weight is 422 g/mol. The number of nitro benzene ring substituents is 1. The second-order valence-corrected chi connectivity index (χ2v) is 6.69. The van der Waals surface area contributed by atoms with Gasteiger partial charge in [0.25, 0.3) is 5.69 Å². The molecule has 0 amide bonds. The third-order valence-electron chi connectivity index (χ3n) is 3.95. The minimum atomic E-state index is -0.748. The van der Waals surface area contributed by atoms with Gasteiger partial charge in [-0.05, 0) is 37.3 Å². The monoisotopic (exact) mass is 421 g/mol. The zero-order chi connectivity index (χ0) is 20.6. The van der Waals surface area contributed by atoms with Gasteiger partial charge in [-0.25, -0.2) is 4.68 Å². The summed E-state index contributed by atoms with van der Waals surface area (Å²) in [6.45, 7) is 1.52. The normalized spacial score (nSPS) is 10.7. The van der Waals surface area contributed by atoms with Crippen LogP contribution in [-0.4, -0.2) is 25.6 Å². The summed E-state index contributed by atoms with van der Waals surface area (Å²) in [5, 5.41) is 26.1. The zero-order valence-corrected chi connectivity index (χ0v) is 16.2. The van der Waals surface area contributed by atoms with E-state index in [0.29, 0.717) is 5.02 Å². The number of nitrogens with zero attached hydrogens (tertiary/aromatic N) is 3. The molecule has 0 aliphatic rings. The number of hydrogen-bond donors (Lipinski definition) is 1. The smallest absolute Gasteiger partial charge is 0.280 e. The van der Waals surface area contributed by atoms with Crippen molar-refractivity contribution in [2.45, 2.75) is 6.92 Å². The van der Waals surface area contributed by atoms with E-state index in [9.17, 15) is 20.0 Å². The molecule has 144 valence electrons. The Balaban J connectivity index is 2.07. The van der Waals surface area contributed by atoms with Crippen LogP contribution in [0.3, 0.4) is 0 Å². The maximum Gasteiger partial charge on any atom is 0.280 e. The molecule has 0 saturated heterocycles. The van der Waals surface area contributed by atoms with Crippen molar-refractivity contribution in [1.82, 2.24) is 9.78 Å². The first kappa shape index (κ1) is 19.7. The molecule has 0 aliphatic heterocycles. The van der Waals surface area contributed by atoms with Gasteiger partial charge in [0.05, 0.1) is 15.6 Å². The van der Waals surface area contributed by atoms with Gasteiger partial charge in [0.2, 0.25) is 11.7 Å². The van der Waals surface area contributed by atoms with Crippen LogP contribution in [0.25, 0.3) is 0 Å². The van der Waals surface area contributed by atoms with E-state index in [0.717, 1.165) is 10.7 Å². The highest BCUT2D eigenvalue weighted by atomic mass is 35.5. The molecule has 0 saturated carbocycles. The molecular weight excluding hydrogens is 409 g/mol. The van der Waals surface area contributed by atoms with Gasteiger partial charge in [-0.2, -0.15) is 5.10 Å². The summed E-state index contributed by atoms with van der Waals surface area (Å²) in [5.74, 6) is -0.718. The molecule has 8 nitrogen and oxygen atoms in total. The highest BCUT2D eigenvalue weighted by Gasteiger charge is 2.28. The van der Waals surface area contributed by atoms with Crippen LogP contribution >= 0.6 is 23.2 Å². The summed E-state index contributed by atoms with van der Waals surface area (Å²) >= 11 is 11.9. The molecule has 1 N–H and O–H groups in total. The zero-order valence-electron chi connectivity index (χ0n) is 14.6. The maximum absolute atomic E-state index is 12.9. The van der Waals surface area contributed by atoms with Crippen LogP contribution in [0.5, 0.6) is 17.4 Å². The molecule has 3 rings (SSSR count). The first-order chi connectivity index (χ1) is 13.2. The van der Waals surface area contributed by atoms with Crippen molar-refractivity contribution in [3.8, 4) is 17.4 Å². The van der Waals surface area contributed by atoms with E-state index >= 15 is 0 Å². The van der Waals surface area contributed by atoms with Crippen LogP contribution in [0.1, 0.15) is 21.6 Å². The van der Waals surface area contributed by atoms with Crippen molar-refractivity contribution in [2.75, 3.05) is 0 Å². The Bertz CT molecular complexity index is 1110. The van der Waals surface area contributed by atoms with Crippen molar-refractivity contribution in [1.29, 1.82) is 0 Å². The molecule has 3 aromatic rings. The Hall–Kier alpha value is -3.10. The third-order valence-corrected chi connectivity index (χ3v) is 4.48. The van der Waals surface area contributed by atoms with Crippen molar-refractivity contribution in [2.24, 2.45) is 7.05 Å². The molecular formula is C18H13Cl2N3O5. The standard InChI is InChI=1S/C18H13Cl2N3O5/c1-9-16(18(25)22(2)21-9)17(24)12-8-11(4-5-14(12)23(26)27)28-15-6-3-10(19)7-13(15)20/h3-8,25H,1-2H3. The number of ether oxygens (including phenoxy) is 1. The molecule has 0 spiro atoms. The SMILES string of the molecule is Cc1nn(C)c(O)c1C(=O)c1cc(Oc2ccc(Cl)cc2Cl)ccc1[N+](=O)[O-]. The predicted molar refractivity (Wildman–Crippen MR) is 103 cm³/mol. The average Bonchev–Trinajstić information content (AvgIpc) is 2.88. The van der Waals surface area contributed by atoms with Crippen molar-refractivity contribution < 1.29 is 19.6 Å². The van der Waals surface area contributed by atoms with Crippen LogP contribution in [0.4, 0.5) is 5.69 Å². The van der Waals surface area contributed by atoms with E-state index in [1.807, 2.05) is 0 Å². The Morgan fingerprint density at radius 2 is 1.96 bits per heavy atom. The lowest BCUT2D eigenvalue weighted by atomic mass is 10.0. The third kappa shape index (κ3) is 3.64. The van der Waals surface area contributed by atoms with Crippen LogP contribution in [0, 0.1) is 17.0 Å². The molecule has 2 aromatic carbocycles. The fraction of sp³-hybridized carbons (Fsp3) is 0.111. The number of rotatable bonds is 5. The molecule has 1 aromatic heterocycles. The maximum atomic E-state index is 12.9. The number of halogens is 2. The van der Waals surface area contributed by atoms with E-state index in [1.165, 1.54) is 38.2 Å². The van der Waals surface area contributed by atoms with Crippen molar-refractivity contribution in [3.63, 3.8) is 0 Å². The number of aryl methyl sites for hydroxylation is 2. The largest absolute Gasteiger partial charge is 0.493 e. The van der Waals surface area contributed by atoms with Crippen LogP contribution < -0.4 is 4.74 Å². The molecule has 10 heteroatoms. The van der Waals surface area contributed by atoms with Crippen LogP contribution in [0.15, 0.2) is 36.4 Å². The molecule has 0 unspecified atom stereocenters. The van der Waals surface area contributed by atoms with Crippen LogP contribution in [-0.2, 0) is 7.05 Å². The Morgan fingerprint density at radius 3 is 2.54 bits per heavy atom. The van der Waals surface area contributed by atoms with Gasteiger partial charge in [0.1, 0.15) is 22.6 Å². The molecule has 0 aliphatic carbocycles. The molecule has 0 fully saturated rings. The highest BCUT2D eigenvalue weighted by Crippen LogP contribution is 2.35. The van der Waals surface area contributed by atoms with Gasteiger partial charge in [-0.3, -0.25) is 14.9 Å². The number of aromatic hydroxyl groups is 1. The minimum absolute atomic E-state index is 0.118. The number of hydrogen-bond acceptors (Lipinski definition) is 6. The fourth-order valence-electron chi connectivity index (χ4n) is 2.65. The lowest BCUT2D eigenvalue weighted by Crippen LogP contribution is -2.07. The first-order valence-electron chi connectivity index (χ1n) is 7.87. The van der Waals surface area contributed by atoms with Gasteiger partial charge in [-0.1, -0.05) is 23.2 Å². The minimum Gasteiger partial charge on any atom is -0.493 e. The van der Waals surface area contributed by atoms with E-state index in [-0.39, 0.29) is 39.2 Å². The molecule has 0 bridgehead atoms. The lowest BCUT2D eigenvalue weighted by Gasteiger charge is -2.10. The van der Waals surface area contributed by atoms with Crippen LogP contribution in [0.2, 0.25) is 10.0 Å². The van der Waals surface area contributed by atoms with Crippen molar-refractivity contribution >= 4 is 34.7 Å². The summed E-state index contributed by atoms with van der Waals surface area (Å²) in [6.07, 6.45) is 0. The highest BCUT2D eigenvalue weighted by molar-refractivity contribution is 6.35. The van der Waals surface area contributed by atoms with E-state index < -0.39 is 16.4 Å². The van der Waals surface area contributed by atoms with E-state index in [1.54, 1.807) is 6.07 Å². The Labute approximate surface area is 169 Å². The number of carbonyl (C=O) groups excluding carboxylic acids is 1. The van der Waals surface area contributed by atoms with E-state index in [2.05, 4.69) is 5.10 Å². The summed E-state index contributed by atoms with van der Waals surface area (Å²) in [4.78, 5) is 23.6. The van der Waals surface area contributed by atoms with Gasteiger partial charge in [-0.15, -0.1) is 0 Å². The van der Waals surface area contributed by atoms with Gasteiger partial charge < -0.3 is 9.84 Å². The second-order valence-electron chi connectivity index (χ2n) is 5.85. The number of aromatic nitrogens is 2. The summed E-state index contributed by atoms with van der Waals surface area (Å²) in [7, 11) is 1.45. The molecule has 28 heavy (non-hydrogen) atoms. The predicted octanol–water partition coefficient (Wildman–Crippen LogP) is 4.67. The lowest BCUT2D eigenvalue weighted by molar-refractivity contribution is -0.385. The quantitative estimate of drug-likeness (QED) is 0.364. The number of benzene rings is 2. The number of ketones is 1. The number of nitro groups is 1. The summed E-state index contributed by atoms with van der Waals surface area (Å²) in [6, 6.07) is 8.29. The van der Waals surface area contributed by atoms with E-state index in [4.69, 9.17) is 27.9 Å². The first-order valence-corrected chi connectivity index (χ1v) is 8.63. The Morgan fingerprint density at radius 1 is 1.25 bits per heavy atom. The van der Waals surface area contributed by atoms with Gasteiger partial charge in [0, 0.05) is 18.1 Å². The van der Waals surface area contributed by atoms with Crippen molar-refractivity contribution in [3.05, 3.63) is 73.4 Å². The molecule has 1 heterocycles. The molecule has 0 radical (unpaired) electrons. The Kier molecular flexibility index (Phi) is 5.26. The fourth-order valence-corrected chi connectivity index (χ4v) is 3.10. The van der Waals surface area contributed by atoms with Gasteiger partial charge in [0.15, 0.2) is 0 Å². The second kappa shape index (κ2) is 7.49. The summed E-state index contributed by atoms with van der Waals surface area (Å²) < 4.78 is 6.76. The molecule has 0 atom stereocenters. The number of carbonyl (C=O) groups is 1. The van der Waals surface area contributed by atoms with Gasteiger partial charge >= 0.3 is 0 Å². The topological polar surface area (TPSA) is 107 Å².